The molecule has 0 fully saturated rings. The van der Waals surface area contributed by atoms with Crippen LogP contribution in [-0.4, -0.2) is 27.2 Å². The van der Waals surface area contributed by atoms with Gasteiger partial charge in [0.25, 0.3) is 5.91 Å². The molecule has 3 heterocycles. The van der Waals surface area contributed by atoms with E-state index in [0.29, 0.717) is 24.2 Å². The Morgan fingerprint density at radius 1 is 1.47 bits per heavy atom. The molecule has 2 N–H and O–H groups in total. The number of carbonyl (C=O) groups is 1. The molecule has 0 spiro atoms. The fourth-order valence-corrected chi connectivity index (χ4v) is 2.17. The van der Waals surface area contributed by atoms with E-state index in [1.54, 1.807) is 29.0 Å². The lowest BCUT2D eigenvalue weighted by Gasteiger charge is -2.26. The van der Waals surface area contributed by atoms with Crippen molar-refractivity contribution < 1.29 is 9.18 Å². The number of amides is 1. The van der Waals surface area contributed by atoms with Crippen molar-refractivity contribution in [2.24, 2.45) is 7.05 Å². The summed E-state index contributed by atoms with van der Waals surface area (Å²) < 4.78 is 14.9. The van der Waals surface area contributed by atoms with E-state index in [2.05, 4.69) is 10.1 Å². The van der Waals surface area contributed by atoms with Crippen molar-refractivity contribution in [1.29, 1.82) is 0 Å². The minimum Gasteiger partial charge on any atom is -0.381 e. The lowest BCUT2D eigenvalue weighted by molar-refractivity contribution is 0.0975. The van der Waals surface area contributed by atoms with Gasteiger partial charge in [-0.05, 0) is 18.1 Å². The van der Waals surface area contributed by atoms with E-state index >= 15 is 0 Å². The predicted molar refractivity (Wildman–Crippen MR) is 67.2 cm³/mol. The normalized spacial score (nSPS) is 14.6. The Hall–Kier alpha value is -2.44. The summed E-state index contributed by atoms with van der Waals surface area (Å²) in [6, 6.07) is 1.29. The number of nitrogens with zero attached hydrogens (tertiary/aromatic N) is 4. The first-order chi connectivity index (χ1) is 9.06. The van der Waals surface area contributed by atoms with Crippen molar-refractivity contribution in [3.05, 3.63) is 35.5 Å². The monoisotopic (exact) mass is 261 g/mol. The molecule has 2 aromatic heterocycles. The quantitative estimate of drug-likeness (QED) is 0.821. The van der Waals surface area contributed by atoms with E-state index in [9.17, 15) is 9.18 Å². The van der Waals surface area contributed by atoms with Gasteiger partial charge in [0.15, 0.2) is 11.6 Å². The summed E-state index contributed by atoms with van der Waals surface area (Å²) in [5, 5.41) is 4.03. The van der Waals surface area contributed by atoms with Crippen LogP contribution in [0.3, 0.4) is 0 Å². The SMILES string of the molecule is Cn1cc(N2CCc3cc(F)c(N)nc3C2=O)cn1. The zero-order valence-electron chi connectivity index (χ0n) is 10.3. The molecule has 0 aliphatic carbocycles. The third kappa shape index (κ3) is 1.83. The molecule has 0 saturated carbocycles. The van der Waals surface area contributed by atoms with Gasteiger partial charge in [0, 0.05) is 19.8 Å². The summed E-state index contributed by atoms with van der Waals surface area (Å²) in [4.78, 5) is 17.8. The first kappa shape index (κ1) is 11.6. The van der Waals surface area contributed by atoms with Crippen molar-refractivity contribution in [3.63, 3.8) is 0 Å². The zero-order valence-corrected chi connectivity index (χ0v) is 10.3. The van der Waals surface area contributed by atoms with Crippen LogP contribution in [0.25, 0.3) is 0 Å². The number of pyridine rings is 1. The van der Waals surface area contributed by atoms with Crippen molar-refractivity contribution >= 4 is 17.4 Å². The Kier molecular flexibility index (Phi) is 2.48. The highest BCUT2D eigenvalue weighted by Gasteiger charge is 2.28. The second-order valence-corrected chi connectivity index (χ2v) is 4.44. The highest BCUT2D eigenvalue weighted by atomic mass is 19.1. The summed E-state index contributed by atoms with van der Waals surface area (Å²) in [7, 11) is 1.78. The zero-order chi connectivity index (χ0) is 13.6. The molecule has 0 unspecified atom stereocenters. The number of fused-ring (bicyclic) bond motifs is 1. The van der Waals surface area contributed by atoms with Gasteiger partial charge in [0.05, 0.1) is 11.9 Å². The van der Waals surface area contributed by atoms with E-state index in [-0.39, 0.29) is 17.4 Å². The number of halogens is 1. The Morgan fingerprint density at radius 2 is 2.26 bits per heavy atom. The number of nitrogen functional groups attached to an aromatic ring is 1. The number of aromatic nitrogens is 3. The molecule has 7 heteroatoms. The number of anilines is 2. The Morgan fingerprint density at radius 3 is 2.95 bits per heavy atom. The van der Waals surface area contributed by atoms with Crippen molar-refractivity contribution in [2.75, 3.05) is 17.2 Å². The second kappa shape index (κ2) is 4.04. The summed E-state index contributed by atoms with van der Waals surface area (Å²) in [5.74, 6) is -1.11. The molecule has 19 heavy (non-hydrogen) atoms. The molecule has 0 aromatic carbocycles. The van der Waals surface area contributed by atoms with Gasteiger partial charge in [0.2, 0.25) is 0 Å². The van der Waals surface area contributed by atoms with Crippen molar-refractivity contribution in [2.45, 2.75) is 6.42 Å². The maximum atomic E-state index is 13.3. The van der Waals surface area contributed by atoms with Crippen LogP contribution in [0, 0.1) is 5.82 Å². The fraction of sp³-hybridized carbons (Fsp3) is 0.250. The predicted octanol–water partition coefficient (Wildman–Crippen LogP) is 0.739. The van der Waals surface area contributed by atoms with Crippen molar-refractivity contribution in [3.8, 4) is 0 Å². The minimum absolute atomic E-state index is 0.217. The number of hydrogen-bond acceptors (Lipinski definition) is 4. The molecule has 0 bridgehead atoms. The molecular weight excluding hydrogens is 249 g/mol. The molecule has 1 aliphatic heterocycles. The summed E-state index contributed by atoms with van der Waals surface area (Å²) in [6.07, 6.45) is 3.89. The van der Waals surface area contributed by atoms with Crippen LogP contribution >= 0.6 is 0 Å². The molecule has 6 nitrogen and oxygen atoms in total. The van der Waals surface area contributed by atoms with Crippen molar-refractivity contribution in [1.82, 2.24) is 14.8 Å². The smallest absolute Gasteiger partial charge is 0.277 e. The van der Waals surface area contributed by atoms with Crippen LogP contribution in [0.5, 0.6) is 0 Å². The number of rotatable bonds is 1. The van der Waals surface area contributed by atoms with E-state index in [1.807, 2.05) is 0 Å². The van der Waals surface area contributed by atoms with E-state index in [0.717, 1.165) is 0 Å². The molecule has 98 valence electrons. The number of nitrogens with two attached hydrogens (primary N) is 1. The number of hydrogen-bond donors (Lipinski definition) is 1. The Balaban J connectivity index is 2.02. The minimum atomic E-state index is -0.582. The first-order valence-corrected chi connectivity index (χ1v) is 5.81. The molecule has 0 saturated heterocycles. The maximum Gasteiger partial charge on any atom is 0.277 e. The van der Waals surface area contributed by atoms with Crippen LogP contribution in [0.1, 0.15) is 16.1 Å². The van der Waals surface area contributed by atoms with E-state index in [4.69, 9.17) is 5.73 Å². The van der Waals surface area contributed by atoms with Crippen LogP contribution < -0.4 is 10.6 Å². The Bertz CT molecular complexity index is 666. The van der Waals surface area contributed by atoms with Crippen LogP contribution in [0.2, 0.25) is 0 Å². The summed E-state index contributed by atoms with van der Waals surface area (Å²) in [6.45, 7) is 0.475. The summed E-state index contributed by atoms with van der Waals surface area (Å²) in [5.41, 5.74) is 6.93. The van der Waals surface area contributed by atoms with Crippen LogP contribution in [-0.2, 0) is 13.5 Å². The lowest BCUT2D eigenvalue weighted by atomic mass is 10.0. The molecule has 0 atom stereocenters. The second-order valence-electron chi connectivity index (χ2n) is 4.44. The highest BCUT2D eigenvalue weighted by Crippen LogP contribution is 2.24. The average molecular weight is 261 g/mol. The maximum absolute atomic E-state index is 13.3. The number of aryl methyl sites for hydroxylation is 1. The van der Waals surface area contributed by atoms with Gasteiger partial charge in [-0.25, -0.2) is 9.37 Å². The fourth-order valence-electron chi connectivity index (χ4n) is 2.17. The van der Waals surface area contributed by atoms with E-state index in [1.165, 1.54) is 6.07 Å². The van der Waals surface area contributed by atoms with E-state index < -0.39 is 5.82 Å². The topological polar surface area (TPSA) is 77.0 Å². The molecule has 0 radical (unpaired) electrons. The molecular formula is C12H12FN5O. The highest BCUT2D eigenvalue weighted by molar-refractivity contribution is 6.06. The largest absolute Gasteiger partial charge is 0.381 e. The third-order valence-electron chi connectivity index (χ3n) is 3.14. The number of carbonyl (C=O) groups excluding carboxylic acids is 1. The van der Waals surface area contributed by atoms with Gasteiger partial charge in [-0.3, -0.25) is 9.48 Å². The van der Waals surface area contributed by atoms with Crippen LogP contribution in [0.15, 0.2) is 18.5 Å². The lowest BCUT2D eigenvalue weighted by Crippen LogP contribution is -2.38. The molecule has 2 aromatic rings. The Labute approximate surface area is 108 Å². The standard InChI is InChI=1S/C12H12FN5O/c1-17-6-8(5-15-17)18-3-2-7-4-9(13)11(14)16-10(7)12(18)19/h4-6H,2-3H2,1H3,(H2,14,16). The first-order valence-electron chi connectivity index (χ1n) is 5.81. The summed E-state index contributed by atoms with van der Waals surface area (Å²) >= 11 is 0. The van der Waals surface area contributed by atoms with Crippen LogP contribution in [0.4, 0.5) is 15.9 Å². The van der Waals surface area contributed by atoms with Gasteiger partial charge in [0.1, 0.15) is 5.69 Å². The molecule has 1 aliphatic rings. The van der Waals surface area contributed by atoms with Gasteiger partial charge < -0.3 is 10.6 Å². The van der Waals surface area contributed by atoms with Gasteiger partial charge in [-0.2, -0.15) is 5.10 Å². The van der Waals surface area contributed by atoms with Gasteiger partial charge >= 0.3 is 0 Å². The average Bonchev–Trinajstić information content (AvgIpc) is 2.79. The molecule has 1 amide bonds. The van der Waals surface area contributed by atoms with Gasteiger partial charge in [-0.1, -0.05) is 0 Å². The van der Waals surface area contributed by atoms with Gasteiger partial charge in [-0.15, -0.1) is 0 Å². The molecule has 3 rings (SSSR count). The third-order valence-corrected chi connectivity index (χ3v) is 3.14.